The molecule has 0 unspecified atom stereocenters. The van der Waals surface area contributed by atoms with Crippen molar-refractivity contribution in [3.8, 4) is 11.8 Å². The summed E-state index contributed by atoms with van der Waals surface area (Å²) in [6, 6.07) is 14.7. The van der Waals surface area contributed by atoms with E-state index in [1.807, 2.05) is 24.3 Å². The molecule has 2 aromatic rings. The third-order valence-corrected chi connectivity index (χ3v) is 3.25. The Morgan fingerprint density at radius 1 is 1.24 bits per heavy atom. The fourth-order valence-electron chi connectivity index (χ4n) is 1.73. The first-order valence-electron chi connectivity index (χ1n) is 5.86. The summed E-state index contributed by atoms with van der Waals surface area (Å²) in [4.78, 5) is 0. The van der Waals surface area contributed by atoms with E-state index < -0.39 is 0 Å². The van der Waals surface area contributed by atoms with Crippen molar-refractivity contribution in [3.63, 3.8) is 0 Å². The Balaban J connectivity index is 0.00000220. The smallest absolute Gasteiger partial charge is 0.148 e. The minimum Gasteiger partial charge on any atom is -0.487 e. The topological polar surface area (TPSA) is 82.9 Å². The van der Waals surface area contributed by atoms with Gasteiger partial charge in [0.15, 0.2) is 0 Å². The number of nitrogen functional groups attached to an aromatic ring is 1. The van der Waals surface area contributed by atoms with Crippen LogP contribution in [0.4, 0.5) is 0 Å². The Kier molecular flexibility index (Phi) is 6.22. The summed E-state index contributed by atoms with van der Waals surface area (Å²) in [6.45, 7) is 0.312. The molecule has 2 aromatic carbocycles. The molecule has 2 rings (SSSR count). The van der Waals surface area contributed by atoms with Gasteiger partial charge in [-0.3, -0.25) is 5.41 Å². The Morgan fingerprint density at radius 3 is 2.48 bits per heavy atom. The van der Waals surface area contributed by atoms with E-state index in [1.165, 1.54) is 0 Å². The molecule has 4 nitrogen and oxygen atoms in total. The molecule has 0 saturated heterocycles. The minimum atomic E-state index is -0.118. The lowest BCUT2D eigenvalue weighted by Crippen LogP contribution is -2.14. The van der Waals surface area contributed by atoms with Crippen LogP contribution < -0.4 is 10.5 Å². The van der Waals surface area contributed by atoms with Crippen LogP contribution >= 0.6 is 28.3 Å². The van der Waals surface area contributed by atoms with Crippen LogP contribution in [0, 0.1) is 16.7 Å². The van der Waals surface area contributed by atoms with E-state index in [4.69, 9.17) is 21.1 Å². The van der Waals surface area contributed by atoms with Crippen molar-refractivity contribution in [1.29, 1.82) is 10.7 Å². The molecule has 0 aliphatic heterocycles. The Hall–Kier alpha value is -2.03. The van der Waals surface area contributed by atoms with Crippen LogP contribution in [0.3, 0.4) is 0 Å². The number of nitrogens with zero attached hydrogens (tertiary/aromatic N) is 1. The second-order valence-electron chi connectivity index (χ2n) is 4.12. The Labute approximate surface area is 137 Å². The van der Waals surface area contributed by atoms with Crippen molar-refractivity contribution >= 4 is 34.2 Å². The summed E-state index contributed by atoms with van der Waals surface area (Å²) in [5, 5.41) is 16.7. The quantitative estimate of drug-likeness (QED) is 0.640. The molecule has 0 bridgehead atoms. The third kappa shape index (κ3) is 4.22. The first-order valence-corrected chi connectivity index (χ1v) is 6.66. The van der Waals surface area contributed by atoms with E-state index >= 15 is 0 Å². The first-order chi connectivity index (χ1) is 9.61. The van der Waals surface area contributed by atoms with Crippen molar-refractivity contribution < 1.29 is 4.74 Å². The number of para-hydroxylation sites is 1. The van der Waals surface area contributed by atoms with E-state index in [-0.39, 0.29) is 18.2 Å². The van der Waals surface area contributed by atoms with Crippen LogP contribution in [0.5, 0.6) is 5.75 Å². The molecular formula is C15H13BrClN3O. The van der Waals surface area contributed by atoms with Gasteiger partial charge in [0.2, 0.25) is 0 Å². The standard InChI is InChI=1S/C15H12BrN3O.ClH/c16-12-6-4-10(5-7-12)9-20-14-11(8-17)2-1-3-13(14)15(18)19;/h1-7H,9H2,(H3,18,19);1H. The van der Waals surface area contributed by atoms with E-state index in [2.05, 4.69) is 22.0 Å². The van der Waals surface area contributed by atoms with Crippen LogP contribution in [-0.4, -0.2) is 5.84 Å². The summed E-state index contributed by atoms with van der Waals surface area (Å²) < 4.78 is 6.68. The summed E-state index contributed by atoms with van der Waals surface area (Å²) in [5.41, 5.74) is 7.28. The highest BCUT2D eigenvalue weighted by Crippen LogP contribution is 2.24. The van der Waals surface area contributed by atoms with Gasteiger partial charge in [-0.25, -0.2) is 0 Å². The van der Waals surface area contributed by atoms with Crippen LogP contribution in [0.15, 0.2) is 46.9 Å². The monoisotopic (exact) mass is 365 g/mol. The fourth-order valence-corrected chi connectivity index (χ4v) is 1.99. The van der Waals surface area contributed by atoms with Gasteiger partial charge in [-0.15, -0.1) is 12.4 Å². The number of benzene rings is 2. The number of rotatable bonds is 4. The summed E-state index contributed by atoms with van der Waals surface area (Å²) in [5.74, 6) is 0.235. The average Bonchev–Trinajstić information content (AvgIpc) is 2.46. The van der Waals surface area contributed by atoms with Crippen molar-refractivity contribution in [2.75, 3.05) is 0 Å². The number of nitriles is 1. The van der Waals surface area contributed by atoms with Gasteiger partial charge in [0, 0.05) is 4.47 Å². The molecule has 0 aliphatic carbocycles. The molecule has 0 aromatic heterocycles. The molecular weight excluding hydrogens is 354 g/mol. The van der Waals surface area contributed by atoms with Crippen molar-refractivity contribution in [1.82, 2.24) is 0 Å². The largest absolute Gasteiger partial charge is 0.487 e. The van der Waals surface area contributed by atoms with E-state index in [9.17, 15) is 0 Å². The SMILES string of the molecule is Cl.N#Cc1cccc(C(=N)N)c1OCc1ccc(Br)cc1. The van der Waals surface area contributed by atoms with Crippen LogP contribution in [0.2, 0.25) is 0 Å². The average molecular weight is 367 g/mol. The molecule has 0 fully saturated rings. The normalized spacial score (nSPS) is 9.33. The third-order valence-electron chi connectivity index (χ3n) is 2.72. The molecule has 0 atom stereocenters. The van der Waals surface area contributed by atoms with Gasteiger partial charge < -0.3 is 10.5 Å². The fraction of sp³-hybridized carbons (Fsp3) is 0.0667. The van der Waals surface area contributed by atoms with E-state index in [0.717, 1.165) is 10.0 Å². The second kappa shape index (κ2) is 7.67. The van der Waals surface area contributed by atoms with Gasteiger partial charge in [0.25, 0.3) is 0 Å². The van der Waals surface area contributed by atoms with Crippen LogP contribution in [-0.2, 0) is 6.61 Å². The van der Waals surface area contributed by atoms with E-state index in [1.54, 1.807) is 18.2 Å². The molecule has 3 N–H and O–H groups in total. The molecule has 21 heavy (non-hydrogen) atoms. The molecule has 0 radical (unpaired) electrons. The van der Waals surface area contributed by atoms with Crippen LogP contribution in [0.25, 0.3) is 0 Å². The zero-order valence-corrected chi connectivity index (χ0v) is 13.4. The highest BCUT2D eigenvalue weighted by molar-refractivity contribution is 9.10. The number of nitrogens with two attached hydrogens (primary N) is 1. The lowest BCUT2D eigenvalue weighted by Gasteiger charge is -2.12. The molecule has 6 heteroatoms. The zero-order valence-electron chi connectivity index (χ0n) is 11.0. The predicted molar refractivity (Wildman–Crippen MR) is 87.9 cm³/mol. The van der Waals surface area contributed by atoms with Crippen LogP contribution in [0.1, 0.15) is 16.7 Å². The van der Waals surface area contributed by atoms with Gasteiger partial charge in [0.1, 0.15) is 24.3 Å². The number of amidine groups is 1. The van der Waals surface area contributed by atoms with Crippen molar-refractivity contribution in [2.24, 2.45) is 5.73 Å². The number of hydrogen-bond acceptors (Lipinski definition) is 3. The van der Waals surface area contributed by atoms with Crippen molar-refractivity contribution in [3.05, 3.63) is 63.6 Å². The van der Waals surface area contributed by atoms with E-state index in [0.29, 0.717) is 23.5 Å². The summed E-state index contributed by atoms with van der Waals surface area (Å²) in [6.07, 6.45) is 0. The van der Waals surface area contributed by atoms with Gasteiger partial charge >= 0.3 is 0 Å². The maximum atomic E-state index is 9.11. The lowest BCUT2D eigenvalue weighted by atomic mass is 10.1. The second-order valence-corrected chi connectivity index (χ2v) is 5.04. The predicted octanol–water partition coefficient (Wildman–Crippen LogP) is 3.61. The number of nitrogens with one attached hydrogen (secondary N) is 1. The summed E-state index contributed by atoms with van der Waals surface area (Å²) in [7, 11) is 0. The number of halogens is 2. The molecule has 108 valence electrons. The maximum absolute atomic E-state index is 9.11. The van der Waals surface area contributed by atoms with Crippen molar-refractivity contribution in [2.45, 2.75) is 6.61 Å². The lowest BCUT2D eigenvalue weighted by molar-refractivity contribution is 0.304. The van der Waals surface area contributed by atoms with Gasteiger partial charge in [0.05, 0.1) is 11.1 Å². The highest BCUT2D eigenvalue weighted by atomic mass is 79.9. The number of hydrogen-bond donors (Lipinski definition) is 2. The molecule has 0 spiro atoms. The Morgan fingerprint density at radius 2 is 1.90 bits per heavy atom. The maximum Gasteiger partial charge on any atom is 0.148 e. The zero-order chi connectivity index (χ0) is 14.5. The minimum absolute atomic E-state index is 0. The van der Waals surface area contributed by atoms with Gasteiger partial charge in [-0.05, 0) is 29.8 Å². The summed E-state index contributed by atoms with van der Waals surface area (Å²) >= 11 is 3.37. The molecule has 0 saturated carbocycles. The number of ether oxygens (including phenoxy) is 1. The first kappa shape index (κ1) is 17.0. The Bertz CT molecular complexity index is 680. The highest BCUT2D eigenvalue weighted by Gasteiger charge is 2.12. The molecule has 0 heterocycles. The van der Waals surface area contributed by atoms with Gasteiger partial charge in [-0.1, -0.05) is 34.1 Å². The molecule has 0 amide bonds. The van der Waals surface area contributed by atoms with Gasteiger partial charge in [-0.2, -0.15) is 5.26 Å². The molecule has 0 aliphatic rings.